The van der Waals surface area contributed by atoms with Crippen molar-refractivity contribution in [3.63, 3.8) is 0 Å². The fourth-order valence-corrected chi connectivity index (χ4v) is 5.98. The predicted molar refractivity (Wildman–Crippen MR) is 153 cm³/mol. The van der Waals surface area contributed by atoms with E-state index in [1.165, 1.54) is 6.92 Å². The van der Waals surface area contributed by atoms with Crippen LogP contribution in [0.25, 0.3) is 0 Å². The van der Waals surface area contributed by atoms with Gasteiger partial charge < -0.3 is 14.2 Å². The van der Waals surface area contributed by atoms with Crippen molar-refractivity contribution in [1.29, 1.82) is 0 Å². The molecule has 1 aliphatic heterocycles. The van der Waals surface area contributed by atoms with Gasteiger partial charge in [0.15, 0.2) is 6.29 Å². The molecule has 0 N–H and O–H groups in total. The maximum atomic E-state index is 15.0. The lowest BCUT2D eigenvalue weighted by molar-refractivity contribution is -0.213. The first-order valence-corrected chi connectivity index (χ1v) is 16.2. The first kappa shape index (κ1) is 35.4. The van der Waals surface area contributed by atoms with Crippen molar-refractivity contribution in [3.8, 4) is 17.6 Å². The Morgan fingerprint density at radius 1 is 0.826 bits per heavy atom. The van der Waals surface area contributed by atoms with E-state index in [2.05, 4.69) is 16.6 Å². The zero-order valence-electron chi connectivity index (χ0n) is 24.8. The summed E-state index contributed by atoms with van der Waals surface area (Å²) in [6.07, 6.45) is -3.98. The third-order valence-electron chi connectivity index (χ3n) is 7.66. The van der Waals surface area contributed by atoms with Gasteiger partial charge in [-0.2, -0.15) is 8.78 Å². The minimum atomic E-state index is -10.3. The van der Waals surface area contributed by atoms with Crippen LogP contribution in [0.5, 0.6) is 5.75 Å². The van der Waals surface area contributed by atoms with Crippen molar-refractivity contribution in [2.45, 2.75) is 57.3 Å². The standard InChI is InChI=1S/C32H30F10O3S/c1-4-20(5-2)24-17-43-31(44-18-24)23-14-27(34)30(28(35)15-23)32(36,37)45-25-11-8-19(9-12-25)7-10-22-13-26(33)29(16-21(22)6-3)46(38,39,40,41)42/h8-9,11-16,20,24,31H,4-6,17-18H2,1-3H3. The molecule has 0 radical (unpaired) electrons. The summed E-state index contributed by atoms with van der Waals surface area (Å²) in [6, 6.07) is 5.91. The minimum Gasteiger partial charge on any atom is -0.429 e. The molecule has 0 amide bonds. The third kappa shape index (κ3) is 8.11. The Morgan fingerprint density at radius 2 is 1.39 bits per heavy atom. The van der Waals surface area contributed by atoms with Crippen LogP contribution in [0.2, 0.25) is 0 Å². The first-order chi connectivity index (χ1) is 21.3. The fourth-order valence-electron chi connectivity index (χ4n) is 5.19. The van der Waals surface area contributed by atoms with E-state index in [4.69, 9.17) is 9.47 Å². The van der Waals surface area contributed by atoms with Crippen LogP contribution >= 0.6 is 10.2 Å². The van der Waals surface area contributed by atoms with Gasteiger partial charge in [-0.05, 0) is 66.4 Å². The summed E-state index contributed by atoms with van der Waals surface area (Å²) in [6.45, 7) is 5.98. The van der Waals surface area contributed by atoms with E-state index < -0.39 is 56.3 Å². The highest BCUT2D eigenvalue weighted by Gasteiger charge is 2.67. The van der Waals surface area contributed by atoms with Crippen LogP contribution in [0, 0.1) is 41.1 Å². The Bertz CT molecular complexity index is 1610. The van der Waals surface area contributed by atoms with Gasteiger partial charge in [-0.25, -0.2) is 13.2 Å². The summed E-state index contributed by atoms with van der Waals surface area (Å²) in [5, 5.41) is 0. The van der Waals surface area contributed by atoms with Crippen LogP contribution in [-0.2, 0) is 22.0 Å². The average Bonchev–Trinajstić information content (AvgIpc) is 2.95. The van der Waals surface area contributed by atoms with Gasteiger partial charge in [0.1, 0.15) is 33.7 Å². The van der Waals surface area contributed by atoms with Gasteiger partial charge in [-0.1, -0.05) is 64.9 Å². The molecule has 1 aliphatic rings. The fraction of sp³-hybridized carbons (Fsp3) is 0.375. The van der Waals surface area contributed by atoms with E-state index in [1.807, 2.05) is 13.8 Å². The third-order valence-corrected chi connectivity index (χ3v) is 8.81. The van der Waals surface area contributed by atoms with Gasteiger partial charge in [0.25, 0.3) is 0 Å². The van der Waals surface area contributed by atoms with Gasteiger partial charge >= 0.3 is 16.3 Å². The van der Waals surface area contributed by atoms with Crippen molar-refractivity contribution in [3.05, 3.63) is 93.8 Å². The normalized spacial score (nSPS) is 18.8. The Hall–Kier alpha value is -3.41. The van der Waals surface area contributed by atoms with Crippen LogP contribution in [0.3, 0.4) is 0 Å². The minimum absolute atomic E-state index is 0.0182. The Morgan fingerprint density at radius 3 is 1.89 bits per heavy atom. The number of ether oxygens (including phenoxy) is 3. The Labute approximate surface area is 259 Å². The monoisotopic (exact) mass is 684 g/mol. The number of hydrogen-bond donors (Lipinski definition) is 0. The quantitative estimate of drug-likeness (QED) is 0.166. The molecule has 14 heteroatoms. The number of rotatable bonds is 9. The molecule has 0 bridgehead atoms. The second-order valence-corrected chi connectivity index (χ2v) is 13.2. The zero-order chi connectivity index (χ0) is 34.1. The Kier molecular flexibility index (Phi) is 9.49. The maximum absolute atomic E-state index is 15.0. The molecular weight excluding hydrogens is 654 g/mol. The highest BCUT2D eigenvalue weighted by molar-refractivity contribution is 8.45. The topological polar surface area (TPSA) is 27.7 Å². The van der Waals surface area contributed by atoms with E-state index in [1.54, 1.807) is 0 Å². The average molecular weight is 685 g/mol. The maximum Gasteiger partial charge on any atom is 0.432 e. The number of hydrogen-bond acceptors (Lipinski definition) is 3. The highest BCUT2D eigenvalue weighted by atomic mass is 32.5. The molecule has 1 fully saturated rings. The summed E-state index contributed by atoms with van der Waals surface area (Å²) in [5.41, 5.74) is -2.25. The predicted octanol–water partition coefficient (Wildman–Crippen LogP) is 10.9. The number of halogens is 10. The Balaban J connectivity index is 1.49. The van der Waals surface area contributed by atoms with Gasteiger partial charge in [0.05, 0.1) is 13.2 Å². The van der Waals surface area contributed by atoms with Gasteiger partial charge in [-0.15, -0.1) is 0 Å². The molecule has 3 nitrogen and oxygen atoms in total. The number of alkyl halides is 2. The summed E-state index contributed by atoms with van der Waals surface area (Å²) in [4.78, 5) is -2.64. The second-order valence-electron chi connectivity index (χ2n) is 10.9. The molecular formula is C32H30F10O3S. The molecule has 0 unspecified atom stereocenters. The summed E-state index contributed by atoms with van der Waals surface area (Å²) >= 11 is 0. The SMILES string of the molecule is CCc1cc(S(F)(F)(F)(F)F)c(F)cc1C#Cc1ccc(OC(F)(F)c2c(F)cc(C3OCC(C(CC)CC)CO3)cc2F)cc1. The lowest BCUT2D eigenvalue weighted by Gasteiger charge is -2.40. The molecule has 0 saturated carbocycles. The van der Waals surface area contributed by atoms with Crippen LogP contribution in [0.15, 0.2) is 53.4 Å². The van der Waals surface area contributed by atoms with E-state index in [0.29, 0.717) is 18.1 Å². The van der Waals surface area contributed by atoms with E-state index >= 15 is 0 Å². The largest absolute Gasteiger partial charge is 0.432 e. The van der Waals surface area contributed by atoms with Gasteiger partial charge in [0.2, 0.25) is 0 Å². The smallest absolute Gasteiger partial charge is 0.429 e. The lowest BCUT2D eigenvalue weighted by Crippen LogP contribution is -2.32. The number of benzene rings is 3. The van der Waals surface area contributed by atoms with E-state index in [0.717, 1.165) is 37.1 Å². The number of aryl methyl sites for hydroxylation is 1. The zero-order valence-corrected chi connectivity index (χ0v) is 25.6. The molecule has 0 aliphatic carbocycles. The van der Waals surface area contributed by atoms with Crippen LogP contribution < -0.4 is 4.74 Å². The van der Waals surface area contributed by atoms with Crippen LogP contribution in [0.4, 0.5) is 41.4 Å². The van der Waals surface area contributed by atoms with Crippen molar-refractivity contribution >= 4 is 10.2 Å². The molecule has 4 rings (SSSR count). The summed E-state index contributed by atoms with van der Waals surface area (Å²) in [7, 11) is -10.3. The summed E-state index contributed by atoms with van der Waals surface area (Å²) in [5.74, 6) is -0.614. The molecule has 1 saturated heterocycles. The molecule has 0 atom stereocenters. The van der Waals surface area contributed by atoms with Crippen molar-refractivity contribution in [2.24, 2.45) is 11.8 Å². The van der Waals surface area contributed by atoms with Gasteiger partial charge in [0, 0.05) is 22.6 Å². The lowest BCUT2D eigenvalue weighted by atomic mass is 9.88. The van der Waals surface area contributed by atoms with E-state index in [-0.39, 0.29) is 59.9 Å². The van der Waals surface area contributed by atoms with Crippen LogP contribution in [0.1, 0.15) is 67.7 Å². The molecule has 3 aromatic carbocycles. The second kappa shape index (κ2) is 12.3. The van der Waals surface area contributed by atoms with Crippen LogP contribution in [-0.4, -0.2) is 13.2 Å². The molecule has 46 heavy (non-hydrogen) atoms. The van der Waals surface area contributed by atoms with Crippen molar-refractivity contribution in [2.75, 3.05) is 13.2 Å². The molecule has 1 heterocycles. The molecule has 0 spiro atoms. The first-order valence-electron chi connectivity index (χ1n) is 14.2. The highest BCUT2D eigenvalue weighted by Crippen LogP contribution is 3.02. The van der Waals surface area contributed by atoms with Crippen molar-refractivity contribution in [1.82, 2.24) is 0 Å². The molecule has 3 aromatic rings. The molecule has 0 aromatic heterocycles. The molecule has 252 valence electrons. The van der Waals surface area contributed by atoms with E-state index in [9.17, 15) is 41.4 Å². The van der Waals surface area contributed by atoms with Gasteiger partial charge in [-0.3, -0.25) is 0 Å². The summed E-state index contributed by atoms with van der Waals surface area (Å²) < 4.78 is 155. The van der Waals surface area contributed by atoms with Crippen molar-refractivity contribution < 1.29 is 55.6 Å².